The maximum Gasteiger partial charge on any atom is 0.317 e. The third-order valence-corrected chi connectivity index (χ3v) is 2.35. The molecule has 7 nitrogen and oxygen atoms in total. The van der Waals surface area contributed by atoms with Crippen molar-refractivity contribution in [1.29, 1.82) is 0 Å². The van der Waals surface area contributed by atoms with Crippen LogP contribution in [-0.2, 0) is 11.3 Å². The van der Waals surface area contributed by atoms with Crippen molar-refractivity contribution in [3.63, 3.8) is 0 Å². The van der Waals surface area contributed by atoms with Crippen molar-refractivity contribution < 1.29 is 9.21 Å². The number of anilines is 1. The Labute approximate surface area is 101 Å². The summed E-state index contributed by atoms with van der Waals surface area (Å²) < 4.78 is 5.41. The van der Waals surface area contributed by atoms with Crippen molar-refractivity contribution >= 4 is 11.9 Å². The van der Waals surface area contributed by atoms with Crippen LogP contribution < -0.4 is 15.5 Å². The molecular formula is C10H19N5O2. The summed E-state index contributed by atoms with van der Waals surface area (Å²) in [6.45, 7) is 2.91. The molecule has 1 unspecified atom stereocenters. The molecular weight excluding hydrogens is 222 g/mol. The highest BCUT2D eigenvalue weighted by molar-refractivity contribution is 5.78. The number of nitrogens with one attached hydrogen (secondary N) is 2. The second-order valence-electron chi connectivity index (χ2n) is 3.90. The van der Waals surface area contributed by atoms with E-state index in [0.717, 1.165) is 0 Å². The predicted octanol–water partition coefficient (Wildman–Crippen LogP) is -0.393. The first kappa shape index (κ1) is 13.4. The Bertz CT molecular complexity index is 365. The van der Waals surface area contributed by atoms with E-state index < -0.39 is 0 Å². The third kappa shape index (κ3) is 3.70. The van der Waals surface area contributed by atoms with E-state index in [0.29, 0.717) is 25.0 Å². The topological polar surface area (TPSA) is 83.3 Å². The van der Waals surface area contributed by atoms with Crippen LogP contribution in [0.15, 0.2) is 4.42 Å². The van der Waals surface area contributed by atoms with Crippen LogP contribution in [0.1, 0.15) is 12.8 Å². The minimum absolute atomic E-state index is 0.00758. The van der Waals surface area contributed by atoms with Gasteiger partial charge in [0.25, 0.3) is 0 Å². The van der Waals surface area contributed by atoms with Gasteiger partial charge in [0.05, 0.1) is 12.5 Å². The van der Waals surface area contributed by atoms with E-state index in [-0.39, 0.29) is 11.8 Å². The Kier molecular flexibility index (Phi) is 4.89. The number of carbonyl (C=O) groups is 1. The Balaban J connectivity index is 2.56. The second kappa shape index (κ2) is 6.19. The molecule has 0 fully saturated rings. The molecule has 0 aliphatic carbocycles. The largest absolute Gasteiger partial charge is 0.407 e. The zero-order valence-corrected chi connectivity index (χ0v) is 10.6. The van der Waals surface area contributed by atoms with Crippen LogP contribution in [0.4, 0.5) is 6.01 Å². The van der Waals surface area contributed by atoms with E-state index in [1.54, 1.807) is 19.0 Å². The lowest BCUT2D eigenvalue weighted by atomic mass is 10.1. The van der Waals surface area contributed by atoms with Crippen molar-refractivity contribution in [1.82, 2.24) is 20.8 Å². The average Bonchev–Trinajstić information content (AvgIpc) is 2.77. The van der Waals surface area contributed by atoms with Gasteiger partial charge >= 0.3 is 6.01 Å². The van der Waals surface area contributed by atoms with E-state index in [1.807, 2.05) is 14.0 Å². The summed E-state index contributed by atoms with van der Waals surface area (Å²) in [4.78, 5) is 13.1. The van der Waals surface area contributed by atoms with E-state index in [1.165, 1.54) is 0 Å². The fraction of sp³-hybridized carbons (Fsp3) is 0.700. The Morgan fingerprint density at radius 1 is 1.47 bits per heavy atom. The number of amides is 1. The summed E-state index contributed by atoms with van der Waals surface area (Å²) in [6.07, 6.45) is 0. The van der Waals surface area contributed by atoms with E-state index in [9.17, 15) is 4.79 Å². The summed E-state index contributed by atoms with van der Waals surface area (Å²) in [7, 11) is 5.24. The highest BCUT2D eigenvalue weighted by atomic mass is 16.4. The van der Waals surface area contributed by atoms with Gasteiger partial charge in [-0.05, 0) is 7.05 Å². The summed E-state index contributed by atoms with van der Waals surface area (Å²) in [5.74, 6) is 0.387. The average molecular weight is 241 g/mol. The molecule has 7 heteroatoms. The fourth-order valence-corrected chi connectivity index (χ4v) is 1.44. The molecule has 0 saturated carbocycles. The number of rotatable bonds is 6. The van der Waals surface area contributed by atoms with E-state index >= 15 is 0 Å². The lowest BCUT2D eigenvalue weighted by molar-refractivity contribution is -0.123. The zero-order chi connectivity index (χ0) is 12.8. The normalized spacial score (nSPS) is 12.2. The van der Waals surface area contributed by atoms with Gasteiger partial charge in [-0.2, -0.15) is 0 Å². The van der Waals surface area contributed by atoms with Gasteiger partial charge in [0.2, 0.25) is 11.8 Å². The van der Waals surface area contributed by atoms with Crippen LogP contribution in [0.2, 0.25) is 0 Å². The molecule has 0 radical (unpaired) electrons. The first-order valence-corrected chi connectivity index (χ1v) is 5.48. The fourth-order valence-electron chi connectivity index (χ4n) is 1.44. The first-order valence-electron chi connectivity index (χ1n) is 5.48. The highest BCUT2D eigenvalue weighted by Crippen LogP contribution is 2.12. The van der Waals surface area contributed by atoms with Gasteiger partial charge in [0.1, 0.15) is 0 Å². The Morgan fingerprint density at radius 3 is 2.76 bits per heavy atom. The van der Waals surface area contributed by atoms with E-state index in [2.05, 4.69) is 20.8 Å². The molecule has 0 aliphatic heterocycles. The SMILES string of the molecule is CNCc1nnc(N(C)CC(C)C(=O)NC)o1. The molecule has 0 aromatic carbocycles. The third-order valence-electron chi connectivity index (χ3n) is 2.35. The van der Waals surface area contributed by atoms with Gasteiger partial charge in [0.15, 0.2) is 0 Å². The van der Waals surface area contributed by atoms with Crippen molar-refractivity contribution in [2.24, 2.45) is 5.92 Å². The molecule has 1 aromatic heterocycles. The highest BCUT2D eigenvalue weighted by Gasteiger charge is 2.17. The number of aromatic nitrogens is 2. The van der Waals surface area contributed by atoms with Crippen LogP contribution in [0.3, 0.4) is 0 Å². The summed E-state index contributed by atoms with van der Waals surface area (Å²) >= 11 is 0. The second-order valence-corrected chi connectivity index (χ2v) is 3.90. The van der Waals surface area contributed by atoms with Crippen LogP contribution in [0, 0.1) is 5.92 Å². The predicted molar refractivity (Wildman–Crippen MR) is 63.6 cm³/mol. The lowest BCUT2D eigenvalue weighted by Gasteiger charge is -2.17. The minimum atomic E-state index is -0.135. The first-order chi connectivity index (χ1) is 8.08. The molecule has 1 amide bonds. The van der Waals surface area contributed by atoms with Crippen LogP contribution in [-0.4, -0.2) is 43.8 Å². The lowest BCUT2D eigenvalue weighted by Crippen LogP contribution is -2.34. The number of nitrogens with zero attached hydrogens (tertiary/aromatic N) is 3. The van der Waals surface area contributed by atoms with Gasteiger partial charge in [-0.15, -0.1) is 5.10 Å². The molecule has 1 heterocycles. The van der Waals surface area contributed by atoms with Crippen LogP contribution in [0.5, 0.6) is 0 Å². The van der Waals surface area contributed by atoms with Crippen molar-refractivity contribution in [3.05, 3.63) is 5.89 Å². The van der Waals surface area contributed by atoms with Gasteiger partial charge < -0.3 is 20.0 Å². The Morgan fingerprint density at radius 2 is 2.18 bits per heavy atom. The molecule has 0 saturated heterocycles. The van der Waals surface area contributed by atoms with Crippen LogP contribution >= 0.6 is 0 Å². The van der Waals surface area contributed by atoms with Gasteiger partial charge in [-0.3, -0.25) is 4.79 Å². The molecule has 0 aliphatic rings. The van der Waals surface area contributed by atoms with Gasteiger partial charge in [0, 0.05) is 20.6 Å². The number of hydrogen-bond donors (Lipinski definition) is 2. The molecule has 0 spiro atoms. The molecule has 1 atom stereocenters. The molecule has 1 rings (SSSR count). The monoisotopic (exact) mass is 241 g/mol. The van der Waals surface area contributed by atoms with E-state index in [4.69, 9.17) is 4.42 Å². The Hall–Kier alpha value is -1.63. The van der Waals surface area contributed by atoms with Gasteiger partial charge in [-0.25, -0.2) is 0 Å². The number of carbonyl (C=O) groups excluding carboxylic acids is 1. The minimum Gasteiger partial charge on any atom is -0.407 e. The maximum atomic E-state index is 11.4. The molecule has 2 N–H and O–H groups in total. The molecule has 96 valence electrons. The van der Waals surface area contributed by atoms with Crippen molar-refractivity contribution in [2.45, 2.75) is 13.5 Å². The summed E-state index contributed by atoms with van der Waals surface area (Å²) in [6, 6.07) is 0.422. The maximum absolute atomic E-state index is 11.4. The van der Waals surface area contributed by atoms with Crippen LogP contribution in [0.25, 0.3) is 0 Å². The van der Waals surface area contributed by atoms with Crippen molar-refractivity contribution in [3.8, 4) is 0 Å². The van der Waals surface area contributed by atoms with Crippen molar-refractivity contribution in [2.75, 3.05) is 32.6 Å². The molecule has 0 bridgehead atoms. The summed E-state index contributed by atoms with van der Waals surface area (Å²) in [5.41, 5.74) is 0. The molecule has 17 heavy (non-hydrogen) atoms. The quantitative estimate of drug-likeness (QED) is 0.705. The smallest absolute Gasteiger partial charge is 0.317 e. The zero-order valence-electron chi connectivity index (χ0n) is 10.6. The van der Waals surface area contributed by atoms with Gasteiger partial charge in [-0.1, -0.05) is 12.0 Å². The number of hydrogen-bond acceptors (Lipinski definition) is 6. The molecule has 1 aromatic rings. The standard InChI is InChI=1S/C10H19N5O2/c1-7(9(16)12-3)6-15(4)10-14-13-8(17-10)5-11-2/h7,11H,5-6H2,1-4H3,(H,12,16). The summed E-state index contributed by atoms with van der Waals surface area (Å²) in [5, 5.41) is 13.3.